The summed E-state index contributed by atoms with van der Waals surface area (Å²) in [6.45, 7) is 1.77. The fourth-order valence-electron chi connectivity index (χ4n) is 2.38. The van der Waals surface area contributed by atoms with Gasteiger partial charge in [-0.1, -0.05) is 35.9 Å². The van der Waals surface area contributed by atoms with Gasteiger partial charge in [0.1, 0.15) is 5.15 Å². The maximum Gasteiger partial charge on any atom is 0.271 e. The van der Waals surface area contributed by atoms with Crippen LogP contribution >= 0.6 is 11.6 Å². The molecule has 0 atom stereocenters. The largest absolute Gasteiger partial charge is 0.271 e. The van der Waals surface area contributed by atoms with E-state index in [2.05, 4.69) is 15.6 Å². The summed E-state index contributed by atoms with van der Waals surface area (Å²) in [4.78, 5) is 22.3. The number of nitrogens with one attached hydrogen (secondary N) is 1. The van der Waals surface area contributed by atoms with Gasteiger partial charge in [0, 0.05) is 17.7 Å². The molecule has 1 N–H and O–H groups in total. The number of para-hydroxylation sites is 1. The first-order valence-corrected chi connectivity index (χ1v) is 8.23. The third-order valence-electron chi connectivity index (χ3n) is 3.73. The summed E-state index contributed by atoms with van der Waals surface area (Å²) in [5.41, 5.74) is 4.28. The molecule has 3 rings (SSSR count). The van der Waals surface area contributed by atoms with Crippen LogP contribution in [0.1, 0.15) is 21.6 Å². The Morgan fingerprint density at radius 2 is 2.00 bits per heavy atom. The predicted octanol–water partition coefficient (Wildman–Crippen LogP) is 3.51. The van der Waals surface area contributed by atoms with Crippen molar-refractivity contribution in [3.05, 3.63) is 86.7 Å². The van der Waals surface area contributed by atoms with E-state index in [4.69, 9.17) is 11.6 Å². The van der Waals surface area contributed by atoms with E-state index in [-0.39, 0.29) is 11.3 Å². The van der Waals surface area contributed by atoms with Gasteiger partial charge in [-0.05, 0) is 25.1 Å². The van der Waals surface area contributed by atoms with Crippen LogP contribution < -0.4 is 5.43 Å². The highest BCUT2D eigenvalue weighted by Crippen LogP contribution is 2.21. The summed E-state index contributed by atoms with van der Waals surface area (Å²) < 4.78 is 1.57. The van der Waals surface area contributed by atoms with E-state index in [0.29, 0.717) is 16.4 Å². The Bertz CT molecular complexity index is 1030. The Morgan fingerprint density at radius 3 is 2.70 bits per heavy atom. The summed E-state index contributed by atoms with van der Waals surface area (Å²) in [5.74, 6) is -0.570. The molecule has 1 aromatic heterocycles. The van der Waals surface area contributed by atoms with E-state index >= 15 is 0 Å². The lowest BCUT2D eigenvalue weighted by Gasteiger charge is -2.02. The van der Waals surface area contributed by atoms with Gasteiger partial charge in [-0.3, -0.25) is 14.9 Å². The summed E-state index contributed by atoms with van der Waals surface area (Å²) in [6.07, 6.45) is 1.39. The van der Waals surface area contributed by atoms with Crippen LogP contribution in [0.4, 0.5) is 5.69 Å². The number of halogens is 1. The zero-order valence-electron chi connectivity index (χ0n) is 14.2. The van der Waals surface area contributed by atoms with E-state index in [1.165, 1.54) is 30.5 Å². The molecule has 0 fully saturated rings. The van der Waals surface area contributed by atoms with Gasteiger partial charge in [0.05, 0.1) is 28.1 Å². The fourth-order valence-corrected chi connectivity index (χ4v) is 2.70. The second-order valence-corrected chi connectivity index (χ2v) is 5.90. The van der Waals surface area contributed by atoms with Crippen LogP contribution in [-0.4, -0.2) is 26.8 Å². The van der Waals surface area contributed by atoms with Crippen LogP contribution in [0.15, 0.2) is 59.7 Å². The lowest BCUT2D eigenvalue weighted by atomic mass is 10.2. The highest BCUT2D eigenvalue weighted by atomic mass is 35.5. The van der Waals surface area contributed by atoms with Crippen molar-refractivity contribution in [3.63, 3.8) is 0 Å². The number of hydrogen-bond acceptors (Lipinski definition) is 5. The van der Waals surface area contributed by atoms with Crippen molar-refractivity contribution in [2.24, 2.45) is 5.10 Å². The predicted molar refractivity (Wildman–Crippen MR) is 101 cm³/mol. The Kier molecular flexibility index (Phi) is 5.28. The molecule has 27 heavy (non-hydrogen) atoms. The summed E-state index contributed by atoms with van der Waals surface area (Å²) in [5, 5.41) is 19.4. The minimum atomic E-state index is -0.570. The molecule has 0 aliphatic rings. The number of hydrogen-bond donors (Lipinski definition) is 1. The number of hydrazone groups is 1. The molecule has 3 aromatic rings. The lowest BCUT2D eigenvalue weighted by Crippen LogP contribution is -2.17. The van der Waals surface area contributed by atoms with Crippen LogP contribution in [-0.2, 0) is 0 Å². The number of non-ortho nitro benzene ring substituents is 1. The third-order valence-corrected chi connectivity index (χ3v) is 4.09. The number of benzene rings is 2. The second kappa shape index (κ2) is 7.79. The van der Waals surface area contributed by atoms with Crippen LogP contribution in [0.5, 0.6) is 0 Å². The average Bonchev–Trinajstić information content (AvgIpc) is 2.97. The van der Waals surface area contributed by atoms with Crippen LogP contribution in [0.25, 0.3) is 5.69 Å². The molecule has 9 heteroatoms. The van der Waals surface area contributed by atoms with Crippen molar-refractivity contribution >= 4 is 29.4 Å². The number of carbonyl (C=O) groups excluding carboxylic acids is 1. The molecule has 0 unspecified atom stereocenters. The molecular weight excluding hydrogens is 370 g/mol. The first-order chi connectivity index (χ1) is 13.0. The van der Waals surface area contributed by atoms with Gasteiger partial charge in [-0.2, -0.15) is 10.2 Å². The maximum atomic E-state index is 12.1. The van der Waals surface area contributed by atoms with Gasteiger partial charge >= 0.3 is 0 Å². The van der Waals surface area contributed by atoms with Crippen molar-refractivity contribution in [2.75, 3.05) is 0 Å². The number of aromatic nitrogens is 2. The van der Waals surface area contributed by atoms with Crippen molar-refractivity contribution < 1.29 is 9.72 Å². The number of carbonyl (C=O) groups is 1. The van der Waals surface area contributed by atoms with E-state index in [9.17, 15) is 14.9 Å². The number of nitro groups is 1. The van der Waals surface area contributed by atoms with E-state index in [0.717, 1.165) is 5.69 Å². The Balaban J connectivity index is 1.77. The zero-order chi connectivity index (χ0) is 19.4. The second-order valence-electron chi connectivity index (χ2n) is 5.54. The molecule has 2 aromatic carbocycles. The van der Waals surface area contributed by atoms with Crippen LogP contribution in [0.3, 0.4) is 0 Å². The molecule has 0 radical (unpaired) electrons. The Labute approximate surface area is 159 Å². The molecule has 1 amide bonds. The number of aryl methyl sites for hydroxylation is 1. The van der Waals surface area contributed by atoms with Crippen molar-refractivity contribution in [2.45, 2.75) is 6.92 Å². The summed E-state index contributed by atoms with van der Waals surface area (Å²) in [7, 11) is 0. The molecule has 8 nitrogen and oxygen atoms in total. The quantitative estimate of drug-likeness (QED) is 0.413. The van der Waals surface area contributed by atoms with Crippen molar-refractivity contribution in [3.8, 4) is 5.69 Å². The van der Waals surface area contributed by atoms with Gasteiger partial charge in [0.2, 0.25) is 0 Å². The summed E-state index contributed by atoms with van der Waals surface area (Å²) in [6, 6.07) is 14.7. The highest BCUT2D eigenvalue weighted by Gasteiger charge is 2.14. The molecule has 0 saturated heterocycles. The third kappa shape index (κ3) is 4.01. The molecule has 0 spiro atoms. The van der Waals surface area contributed by atoms with Crippen LogP contribution in [0.2, 0.25) is 5.15 Å². The van der Waals surface area contributed by atoms with Crippen molar-refractivity contribution in [1.29, 1.82) is 0 Å². The Morgan fingerprint density at radius 1 is 1.26 bits per heavy atom. The summed E-state index contributed by atoms with van der Waals surface area (Å²) >= 11 is 6.37. The number of nitro benzene ring substituents is 1. The molecule has 136 valence electrons. The van der Waals surface area contributed by atoms with Gasteiger partial charge in [-0.15, -0.1) is 0 Å². The van der Waals surface area contributed by atoms with Gasteiger partial charge < -0.3 is 0 Å². The lowest BCUT2D eigenvalue weighted by molar-refractivity contribution is -0.384. The van der Waals surface area contributed by atoms with E-state index < -0.39 is 10.8 Å². The SMILES string of the molecule is Cc1nn(-c2ccccc2)c(Cl)c1C=NNC(=O)c1cccc([N+](=O)[O-])c1. The molecule has 1 heterocycles. The van der Waals surface area contributed by atoms with Gasteiger partial charge in [0.25, 0.3) is 11.6 Å². The van der Waals surface area contributed by atoms with E-state index in [1.807, 2.05) is 30.3 Å². The fraction of sp³-hybridized carbons (Fsp3) is 0.0556. The Hall–Kier alpha value is -3.52. The topological polar surface area (TPSA) is 102 Å². The first kappa shape index (κ1) is 18.3. The maximum absolute atomic E-state index is 12.1. The molecule has 0 bridgehead atoms. The van der Waals surface area contributed by atoms with Gasteiger partial charge in [0.15, 0.2) is 0 Å². The monoisotopic (exact) mass is 383 g/mol. The van der Waals surface area contributed by atoms with E-state index in [1.54, 1.807) is 11.6 Å². The normalized spacial score (nSPS) is 10.9. The molecular formula is C18H14ClN5O3. The minimum Gasteiger partial charge on any atom is -0.267 e. The molecule has 0 aliphatic carbocycles. The van der Waals surface area contributed by atoms with Crippen LogP contribution in [0, 0.1) is 17.0 Å². The number of nitrogens with zero attached hydrogens (tertiary/aromatic N) is 4. The van der Waals surface area contributed by atoms with Crippen molar-refractivity contribution in [1.82, 2.24) is 15.2 Å². The standard InChI is InChI=1S/C18H14ClN5O3/c1-12-16(17(19)23(22-12)14-7-3-2-4-8-14)11-20-21-18(25)13-6-5-9-15(10-13)24(26)27/h2-11H,1H3,(H,21,25). The number of rotatable bonds is 5. The first-order valence-electron chi connectivity index (χ1n) is 7.86. The number of amides is 1. The zero-order valence-corrected chi connectivity index (χ0v) is 14.9. The minimum absolute atomic E-state index is 0.129. The highest BCUT2D eigenvalue weighted by molar-refractivity contribution is 6.32. The molecule has 0 saturated carbocycles. The van der Waals surface area contributed by atoms with Gasteiger partial charge in [-0.25, -0.2) is 10.1 Å². The molecule has 0 aliphatic heterocycles. The smallest absolute Gasteiger partial charge is 0.267 e. The average molecular weight is 384 g/mol.